The lowest BCUT2D eigenvalue weighted by atomic mass is 9.88. The van der Waals surface area contributed by atoms with E-state index >= 15 is 0 Å². The molecule has 1 heterocycles. The average molecular weight is 333 g/mol. The number of carbonyl (C=O) groups excluding carboxylic acids is 1. The zero-order chi connectivity index (χ0) is 16.6. The number of halogens is 1. The summed E-state index contributed by atoms with van der Waals surface area (Å²) in [6.07, 6.45) is 0. The van der Waals surface area contributed by atoms with Crippen LogP contribution < -0.4 is 20.1 Å². The minimum atomic E-state index is -0.581. The number of nitrogens with two attached hydrogens (primary N) is 1. The molecule has 120 valence electrons. The van der Waals surface area contributed by atoms with Gasteiger partial charge in [0.1, 0.15) is 17.5 Å². The van der Waals surface area contributed by atoms with Gasteiger partial charge in [0.15, 0.2) is 0 Å². The Kier molecular flexibility index (Phi) is 4.15. The summed E-state index contributed by atoms with van der Waals surface area (Å²) in [5.74, 6) is 1.14. The molecule has 3 rings (SSSR count). The van der Waals surface area contributed by atoms with Crippen LogP contribution in [0.4, 0.5) is 5.69 Å². The third-order valence-corrected chi connectivity index (χ3v) is 4.29. The second kappa shape index (κ2) is 6.10. The highest BCUT2D eigenvalue weighted by Gasteiger charge is 2.46. The molecular weight excluding hydrogens is 316 g/mol. The van der Waals surface area contributed by atoms with Crippen LogP contribution in [-0.4, -0.2) is 26.2 Å². The monoisotopic (exact) mass is 332 g/mol. The van der Waals surface area contributed by atoms with Gasteiger partial charge in [0.2, 0.25) is 5.91 Å². The van der Waals surface area contributed by atoms with Crippen LogP contribution in [0.1, 0.15) is 11.6 Å². The molecule has 0 aromatic heterocycles. The molecule has 5 nitrogen and oxygen atoms in total. The van der Waals surface area contributed by atoms with E-state index in [0.29, 0.717) is 16.5 Å². The van der Waals surface area contributed by atoms with Gasteiger partial charge in [-0.2, -0.15) is 0 Å². The van der Waals surface area contributed by atoms with Crippen molar-refractivity contribution in [1.82, 2.24) is 0 Å². The Bertz CT molecular complexity index is 750. The van der Waals surface area contributed by atoms with E-state index in [4.69, 9.17) is 26.8 Å². The number of rotatable bonds is 4. The topological polar surface area (TPSA) is 64.8 Å². The van der Waals surface area contributed by atoms with E-state index in [1.54, 1.807) is 37.3 Å². The van der Waals surface area contributed by atoms with E-state index in [2.05, 4.69) is 0 Å². The first-order valence-corrected chi connectivity index (χ1v) is 7.50. The predicted octanol–water partition coefficient (Wildman–Crippen LogP) is 2.77. The van der Waals surface area contributed by atoms with E-state index in [9.17, 15) is 4.79 Å². The fourth-order valence-electron chi connectivity index (χ4n) is 2.79. The molecule has 1 aliphatic rings. The molecule has 23 heavy (non-hydrogen) atoms. The van der Waals surface area contributed by atoms with Gasteiger partial charge in [-0.25, -0.2) is 0 Å². The standard InChI is InChI=1S/C17H17ClN2O3/c1-22-12-5-3-4-10(8-12)16-15(19)17(21)20(16)11-6-7-14(23-2)13(18)9-11/h3-9,15-16H,19H2,1-2H3. The van der Waals surface area contributed by atoms with Gasteiger partial charge in [0.05, 0.1) is 25.3 Å². The van der Waals surface area contributed by atoms with Gasteiger partial charge >= 0.3 is 0 Å². The molecule has 0 spiro atoms. The fourth-order valence-corrected chi connectivity index (χ4v) is 3.04. The van der Waals surface area contributed by atoms with E-state index in [-0.39, 0.29) is 11.9 Å². The smallest absolute Gasteiger partial charge is 0.247 e. The maximum Gasteiger partial charge on any atom is 0.247 e. The third-order valence-electron chi connectivity index (χ3n) is 3.99. The number of amides is 1. The largest absolute Gasteiger partial charge is 0.497 e. The van der Waals surface area contributed by atoms with Crippen molar-refractivity contribution < 1.29 is 14.3 Å². The number of methoxy groups -OCH3 is 2. The molecule has 6 heteroatoms. The normalized spacial score (nSPS) is 20.2. The number of anilines is 1. The van der Waals surface area contributed by atoms with Crippen LogP contribution in [0.3, 0.4) is 0 Å². The van der Waals surface area contributed by atoms with Gasteiger partial charge in [-0.1, -0.05) is 23.7 Å². The maximum absolute atomic E-state index is 12.3. The summed E-state index contributed by atoms with van der Waals surface area (Å²) in [5, 5.41) is 0.447. The lowest BCUT2D eigenvalue weighted by molar-refractivity contribution is -0.126. The molecule has 1 fully saturated rings. The third kappa shape index (κ3) is 2.62. The zero-order valence-corrected chi connectivity index (χ0v) is 13.6. The molecule has 0 saturated carbocycles. The molecule has 0 aliphatic carbocycles. The number of benzene rings is 2. The van der Waals surface area contributed by atoms with Crippen molar-refractivity contribution in [3.05, 3.63) is 53.1 Å². The van der Waals surface area contributed by atoms with Crippen molar-refractivity contribution in [3.8, 4) is 11.5 Å². The summed E-state index contributed by atoms with van der Waals surface area (Å²) in [6, 6.07) is 11.9. The highest BCUT2D eigenvalue weighted by molar-refractivity contribution is 6.32. The zero-order valence-electron chi connectivity index (χ0n) is 12.8. The highest BCUT2D eigenvalue weighted by atomic mass is 35.5. The first-order chi connectivity index (χ1) is 11.1. The Morgan fingerprint density at radius 2 is 1.91 bits per heavy atom. The van der Waals surface area contributed by atoms with Crippen LogP contribution in [0.2, 0.25) is 5.02 Å². The Hall–Kier alpha value is -2.24. The van der Waals surface area contributed by atoms with Gasteiger partial charge in [0, 0.05) is 5.69 Å². The molecule has 0 bridgehead atoms. The molecule has 1 amide bonds. The first-order valence-electron chi connectivity index (χ1n) is 7.13. The molecule has 1 saturated heterocycles. The van der Waals surface area contributed by atoms with Crippen molar-refractivity contribution in [1.29, 1.82) is 0 Å². The van der Waals surface area contributed by atoms with E-state index in [0.717, 1.165) is 11.3 Å². The number of nitrogens with zero attached hydrogens (tertiary/aromatic N) is 1. The van der Waals surface area contributed by atoms with E-state index in [1.165, 1.54) is 0 Å². The lowest BCUT2D eigenvalue weighted by Crippen LogP contribution is -2.63. The molecule has 2 N–H and O–H groups in total. The Balaban J connectivity index is 1.97. The highest BCUT2D eigenvalue weighted by Crippen LogP contribution is 2.41. The summed E-state index contributed by atoms with van der Waals surface area (Å²) in [6.45, 7) is 0. The number of hydrogen-bond acceptors (Lipinski definition) is 4. The predicted molar refractivity (Wildman–Crippen MR) is 89.2 cm³/mol. The fraction of sp³-hybridized carbons (Fsp3) is 0.235. The summed E-state index contributed by atoms with van der Waals surface area (Å²) < 4.78 is 10.4. The summed E-state index contributed by atoms with van der Waals surface area (Å²) in [7, 11) is 3.15. The van der Waals surface area contributed by atoms with Crippen LogP contribution in [-0.2, 0) is 4.79 Å². The second-order valence-electron chi connectivity index (χ2n) is 5.27. The van der Waals surface area contributed by atoms with Gasteiger partial charge in [-0.15, -0.1) is 0 Å². The number of hydrogen-bond donors (Lipinski definition) is 1. The lowest BCUT2D eigenvalue weighted by Gasteiger charge is -2.45. The van der Waals surface area contributed by atoms with Gasteiger partial charge in [0.25, 0.3) is 0 Å². The number of ether oxygens (including phenoxy) is 2. The molecule has 2 unspecified atom stereocenters. The molecule has 0 radical (unpaired) electrons. The van der Waals surface area contributed by atoms with Crippen molar-refractivity contribution in [2.24, 2.45) is 5.73 Å². The molecular formula is C17H17ClN2O3. The molecule has 2 aromatic carbocycles. The maximum atomic E-state index is 12.3. The van der Waals surface area contributed by atoms with Crippen LogP contribution in [0.15, 0.2) is 42.5 Å². The number of β-lactam (4-membered cyclic amide) rings is 1. The summed E-state index contributed by atoms with van der Waals surface area (Å²) in [4.78, 5) is 13.9. The summed E-state index contributed by atoms with van der Waals surface area (Å²) >= 11 is 6.17. The molecule has 1 aliphatic heterocycles. The van der Waals surface area contributed by atoms with Crippen molar-refractivity contribution >= 4 is 23.2 Å². The number of carbonyl (C=O) groups is 1. The first kappa shape index (κ1) is 15.6. The van der Waals surface area contributed by atoms with Crippen LogP contribution in [0, 0.1) is 0 Å². The minimum absolute atomic E-state index is 0.140. The Morgan fingerprint density at radius 3 is 2.57 bits per heavy atom. The quantitative estimate of drug-likeness (QED) is 0.874. The van der Waals surface area contributed by atoms with Crippen LogP contribution >= 0.6 is 11.6 Å². The Morgan fingerprint density at radius 1 is 1.13 bits per heavy atom. The SMILES string of the molecule is COc1cccc(C2C(N)C(=O)N2c2ccc(OC)c(Cl)c2)c1. The van der Waals surface area contributed by atoms with Crippen LogP contribution in [0.5, 0.6) is 11.5 Å². The van der Waals surface area contributed by atoms with E-state index in [1.807, 2.05) is 24.3 Å². The minimum Gasteiger partial charge on any atom is -0.497 e. The molecule has 2 atom stereocenters. The van der Waals surface area contributed by atoms with E-state index < -0.39 is 6.04 Å². The van der Waals surface area contributed by atoms with Gasteiger partial charge in [-0.05, 0) is 35.9 Å². The second-order valence-corrected chi connectivity index (χ2v) is 5.68. The van der Waals surface area contributed by atoms with Crippen molar-refractivity contribution in [2.75, 3.05) is 19.1 Å². The van der Waals surface area contributed by atoms with Gasteiger partial charge in [-0.3, -0.25) is 4.79 Å². The average Bonchev–Trinajstić information content (AvgIpc) is 2.58. The summed E-state index contributed by atoms with van der Waals surface area (Å²) in [5.41, 5.74) is 7.63. The van der Waals surface area contributed by atoms with Crippen LogP contribution in [0.25, 0.3) is 0 Å². The Labute approximate surface area is 139 Å². The van der Waals surface area contributed by atoms with Crippen molar-refractivity contribution in [3.63, 3.8) is 0 Å². The van der Waals surface area contributed by atoms with Crippen molar-refractivity contribution in [2.45, 2.75) is 12.1 Å². The molecule has 2 aromatic rings. The van der Waals surface area contributed by atoms with Gasteiger partial charge < -0.3 is 20.1 Å².